The monoisotopic (exact) mass is 415 g/mol. The van der Waals surface area contributed by atoms with E-state index in [1.807, 2.05) is 9.47 Å². The Balaban J connectivity index is 1.28. The lowest BCUT2D eigenvalue weighted by molar-refractivity contribution is -0.139. The highest BCUT2D eigenvalue weighted by Gasteiger charge is 2.45. The first-order valence-corrected chi connectivity index (χ1v) is 10.9. The smallest absolute Gasteiger partial charge is 0.224 e. The number of halogens is 2. The Kier molecular flexibility index (Phi) is 5.26. The summed E-state index contributed by atoms with van der Waals surface area (Å²) in [7, 11) is 0. The van der Waals surface area contributed by atoms with Gasteiger partial charge in [-0.3, -0.25) is 9.69 Å². The minimum absolute atomic E-state index is 0.0650. The van der Waals surface area contributed by atoms with Crippen molar-refractivity contribution < 1.29 is 13.6 Å². The number of rotatable bonds is 4. The van der Waals surface area contributed by atoms with Gasteiger partial charge in [0, 0.05) is 50.7 Å². The lowest BCUT2D eigenvalue weighted by atomic mass is 9.74. The summed E-state index contributed by atoms with van der Waals surface area (Å²) in [4.78, 5) is 17.3. The molecule has 3 saturated heterocycles. The van der Waals surface area contributed by atoms with E-state index in [-0.39, 0.29) is 11.9 Å². The summed E-state index contributed by atoms with van der Waals surface area (Å²) in [6, 6.07) is 4.36. The van der Waals surface area contributed by atoms with E-state index in [0.717, 1.165) is 56.9 Å². The van der Waals surface area contributed by atoms with Gasteiger partial charge >= 0.3 is 0 Å². The normalized spacial score (nSPS) is 28.9. The molecule has 6 nitrogen and oxygen atoms in total. The predicted molar refractivity (Wildman–Crippen MR) is 106 cm³/mol. The molecule has 0 spiro atoms. The summed E-state index contributed by atoms with van der Waals surface area (Å²) in [6.45, 7) is 3.04. The highest BCUT2D eigenvalue weighted by molar-refractivity contribution is 5.76. The third kappa shape index (κ3) is 3.85. The Bertz CT molecular complexity index is 885. The van der Waals surface area contributed by atoms with E-state index in [9.17, 15) is 13.6 Å². The van der Waals surface area contributed by atoms with Crippen LogP contribution in [0.15, 0.2) is 30.9 Å². The zero-order valence-electron chi connectivity index (χ0n) is 17.0. The fourth-order valence-corrected chi connectivity index (χ4v) is 5.86. The number of piperidine rings is 3. The summed E-state index contributed by atoms with van der Waals surface area (Å²) >= 11 is 0. The number of hydrogen-bond acceptors (Lipinski definition) is 4. The van der Waals surface area contributed by atoms with Gasteiger partial charge in [0.05, 0.1) is 0 Å². The highest BCUT2D eigenvalue weighted by Crippen LogP contribution is 2.44. The summed E-state index contributed by atoms with van der Waals surface area (Å²) in [5.41, 5.74) is 0.749. The molecule has 4 heterocycles. The standard InChI is InChI=1S/C22H27F2N5O/c23-18-7-16(8-19(24)9-18)20-2-1-3-21-17-6-15(11-29(20)21)10-28(12-17)22(30)4-5-27-13-25-26-14-27/h7-9,13-15,17,20-21H,1-6,10-12H2/t15-,17+,20+,21-/m0/s1. The van der Waals surface area contributed by atoms with Gasteiger partial charge < -0.3 is 9.47 Å². The molecule has 0 saturated carbocycles. The fraction of sp³-hybridized carbons (Fsp3) is 0.591. The van der Waals surface area contributed by atoms with Gasteiger partial charge in [-0.05, 0) is 55.2 Å². The molecule has 2 bridgehead atoms. The Morgan fingerprint density at radius 1 is 1.03 bits per heavy atom. The van der Waals surface area contributed by atoms with Crippen molar-refractivity contribution >= 4 is 5.91 Å². The van der Waals surface area contributed by atoms with Crippen LogP contribution < -0.4 is 0 Å². The van der Waals surface area contributed by atoms with Crippen molar-refractivity contribution in [3.63, 3.8) is 0 Å². The number of hydrogen-bond donors (Lipinski definition) is 0. The molecule has 30 heavy (non-hydrogen) atoms. The lowest BCUT2D eigenvalue weighted by Crippen LogP contribution is -2.60. The maximum Gasteiger partial charge on any atom is 0.224 e. The number of carbonyl (C=O) groups is 1. The molecule has 4 atom stereocenters. The molecule has 5 rings (SSSR count). The van der Waals surface area contributed by atoms with Crippen molar-refractivity contribution in [1.82, 2.24) is 24.6 Å². The molecule has 3 aliphatic heterocycles. The Labute approximate surface area is 174 Å². The minimum atomic E-state index is -0.505. The minimum Gasteiger partial charge on any atom is -0.342 e. The quantitative estimate of drug-likeness (QED) is 0.770. The SMILES string of the molecule is O=C(CCn1cnnc1)N1C[C@@H]2C[C@H](C1)[C@@H]1CCC[C@H](c3cc(F)cc(F)c3)N1C2. The number of carbonyl (C=O) groups excluding carboxylic acids is 1. The van der Waals surface area contributed by atoms with E-state index < -0.39 is 11.6 Å². The number of aromatic nitrogens is 3. The van der Waals surface area contributed by atoms with Gasteiger partial charge in [0.1, 0.15) is 24.3 Å². The molecule has 0 aliphatic carbocycles. The molecule has 8 heteroatoms. The number of benzene rings is 1. The van der Waals surface area contributed by atoms with Crippen LogP contribution in [0.25, 0.3) is 0 Å². The van der Waals surface area contributed by atoms with Crippen molar-refractivity contribution in [2.45, 2.75) is 50.7 Å². The van der Waals surface area contributed by atoms with Gasteiger partial charge in [0.25, 0.3) is 0 Å². The first-order chi connectivity index (χ1) is 14.6. The molecule has 3 fully saturated rings. The van der Waals surface area contributed by atoms with E-state index in [1.54, 1.807) is 12.7 Å². The molecule has 1 amide bonds. The summed E-state index contributed by atoms with van der Waals surface area (Å²) < 4.78 is 29.5. The average molecular weight is 415 g/mol. The van der Waals surface area contributed by atoms with Crippen molar-refractivity contribution in [3.8, 4) is 0 Å². The first kappa shape index (κ1) is 19.6. The lowest BCUT2D eigenvalue weighted by Gasteiger charge is -2.55. The molecule has 0 N–H and O–H groups in total. The number of aryl methyl sites for hydroxylation is 1. The average Bonchev–Trinajstić information content (AvgIpc) is 3.24. The van der Waals surface area contributed by atoms with Crippen LogP contribution in [0.1, 0.15) is 43.7 Å². The second-order valence-electron chi connectivity index (χ2n) is 9.02. The van der Waals surface area contributed by atoms with Crippen LogP contribution in [0.4, 0.5) is 8.78 Å². The van der Waals surface area contributed by atoms with E-state index in [0.29, 0.717) is 30.8 Å². The van der Waals surface area contributed by atoms with Gasteiger partial charge in [0.2, 0.25) is 5.91 Å². The van der Waals surface area contributed by atoms with Crippen LogP contribution in [0.3, 0.4) is 0 Å². The topological polar surface area (TPSA) is 54.3 Å². The Morgan fingerprint density at radius 2 is 1.80 bits per heavy atom. The molecule has 1 aromatic heterocycles. The fourth-order valence-electron chi connectivity index (χ4n) is 5.86. The molecule has 1 aromatic carbocycles. The largest absolute Gasteiger partial charge is 0.342 e. The molecule has 160 valence electrons. The maximum atomic E-state index is 13.8. The predicted octanol–water partition coefficient (Wildman–Crippen LogP) is 3.02. The number of nitrogens with zero attached hydrogens (tertiary/aromatic N) is 5. The van der Waals surface area contributed by atoms with Gasteiger partial charge in [-0.2, -0.15) is 0 Å². The number of fused-ring (bicyclic) bond motifs is 4. The van der Waals surface area contributed by atoms with Crippen LogP contribution in [-0.2, 0) is 11.3 Å². The van der Waals surface area contributed by atoms with Gasteiger partial charge in [-0.25, -0.2) is 8.78 Å². The Morgan fingerprint density at radius 3 is 2.57 bits per heavy atom. The second-order valence-corrected chi connectivity index (χ2v) is 9.02. The summed E-state index contributed by atoms with van der Waals surface area (Å²) in [5.74, 6) is 0.0187. The van der Waals surface area contributed by atoms with Crippen LogP contribution in [0.5, 0.6) is 0 Å². The first-order valence-electron chi connectivity index (χ1n) is 10.9. The third-order valence-corrected chi connectivity index (χ3v) is 7.06. The van der Waals surface area contributed by atoms with Crippen LogP contribution >= 0.6 is 0 Å². The zero-order valence-corrected chi connectivity index (χ0v) is 17.0. The second kappa shape index (κ2) is 8.06. The number of amides is 1. The van der Waals surface area contributed by atoms with E-state index in [1.165, 1.54) is 12.1 Å². The molecule has 3 aliphatic rings. The van der Waals surface area contributed by atoms with Crippen molar-refractivity contribution in [2.24, 2.45) is 11.8 Å². The molecule has 0 unspecified atom stereocenters. The van der Waals surface area contributed by atoms with E-state index >= 15 is 0 Å². The van der Waals surface area contributed by atoms with Gasteiger partial charge in [0.15, 0.2) is 0 Å². The zero-order chi connectivity index (χ0) is 20.7. The summed E-state index contributed by atoms with van der Waals surface area (Å²) in [5, 5.41) is 7.57. The van der Waals surface area contributed by atoms with Gasteiger partial charge in [-0.15, -0.1) is 10.2 Å². The molecular weight excluding hydrogens is 388 g/mol. The summed E-state index contributed by atoms with van der Waals surface area (Å²) in [6.07, 6.45) is 7.93. The third-order valence-electron chi connectivity index (χ3n) is 7.06. The molecule has 0 radical (unpaired) electrons. The van der Waals surface area contributed by atoms with Crippen LogP contribution in [0, 0.1) is 23.5 Å². The van der Waals surface area contributed by atoms with Crippen molar-refractivity contribution in [1.29, 1.82) is 0 Å². The maximum absolute atomic E-state index is 13.8. The molecule has 2 aromatic rings. The van der Waals surface area contributed by atoms with Crippen LogP contribution in [0.2, 0.25) is 0 Å². The highest BCUT2D eigenvalue weighted by atomic mass is 19.1. The number of likely N-dealkylation sites (tertiary alicyclic amines) is 1. The molecular formula is C22H27F2N5O. The van der Waals surface area contributed by atoms with Crippen molar-refractivity contribution in [2.75, 3.05) is 19.6 Å². The van der Waals surface area contributed by atoms with E-state index in [4.69, 9.17) is 0 Å². The van der Waals surface area contributed by atoms with E-state index in [2.05, 4.69) is 15.1 Å². The van der Waals surface area contributed by atoms with Crippen molar-refractivity contribution in [3.05, 3.63) is 48.1 Å². The Hall–Kier alpha value is -2.35. The van der Waals surface area contributed by atoms with Gasteiger partial charge in [-0.1, -0.05) is 0 Å². The van der Waals surface area contributed by atoms with Crippen LogP contribution in [-0.4, -0.2) is 56.1 Å².